The molecule has 0 bridgehead atoms. The molecule has 0 radical (unpaired) electrons. The Morgan fingerprint density at radius 3 is 2.72 bits per heavy atom. The Morgan fingerprint density at radius 2 is 2.00 bits per heavy atom. The number of thiazole rings is 1. The maximum Gasteiger partial charge on any atom is 0.268 e. The van der Waals surface area contributed by atoms with Crippen molar-refractivity contribution in [3.05, 3.63) is 70.9 Å². The molecule has 0 unspecified atom stereocenters. The average Bonchev–Trinajstić information content (AvgIpc) is 3.36. The lowest BCUT2D eigenvalue weighted by atomic mass is 10.1. The first-order valence-electron chi connectivity index (χ1n) is 9.49. The van der Waals surface area contributed by atoms with Crippen molar-refractivity contribution in [3.63, 3.8) is 0 Å². The molecule has 0 fully saturated rings. The summed E-state index contributed by atoms with van der Waals surface area (Å²) in [5.74, 6) is 0.258. The Balaban J connectivity index is 1.49. The first-order valence-corrected chi connectivity index (χ1v) is 10.3. The maximum absolute atomic E-state index is 12.7. The fourth-order valence-electron chi connectivity index (χ4n) is 3.05. The van der Waals surface area contributed by atoms with Gasteiger partial charge in [0.05, 0.1) is 17.1 Å². The number of aromatic amines is 1. The van der Waals surface area contributed by atoms with Gasteiger partial charge in [0, 0.05) is 12.3 Å². The van der Waals surface area contributed by atoms with Gasteiger partial charge in [-0.25, -0.2) is 4.98 Å². The highest BCUT2D eigenvalue weighted by Crippen LogP contribution is 2.27. The second-order valence-corrected chi connectivity index (χ2v) is 7.72. The largest absolute Gasteiger partial charge is 0.304 e. The van der Waals surface area contributed by atoms with E-state index in [9.17, 15) is 4.79 Å². The molecule has 146 valence electrons. The number of hydrogen-bond donors (Lipinski definition) is 2. The van der Waals surface area contributed by atoms with E-state index in [-0.39, 0.29) is 5.91 Å². The number of H-pyrrole nitrogens is 1. The monoisotopic (exact) mass is 403 g/mol. The van der Waals surface area contributed by atoms with Crippen LogP contribution in [0.2, 0.25) is 0 Å². The zero-order valence-corrected chi connectivity index (χ0v) is 17.1. The number of aromatic nitrogens is 4. The number of pyridine rings is 1. The minimum absolute atomic E-state index is 0.224. The fraction of sp³-hybridized carbons (Fsp3) is 0.182. The van der Waals surface area contributed by atoms with Gasteiger partial charge in [0.2, 0.25) is 0 Å². The van der Waals surface area contributed by atoms with Crippen molar-refractivity contribution in [3.8, 4) is 22.0 Å². The van der Waals surface area contributed by atoms with Crippen LogP contribution in [0.4, 0.5) is 5.82 Å². The van der Waals surface area contributed by atoms with Crippen molar-refractivity contribution in [1.29, 1.82) is 0 Å². The number of hydrogen-bond acceptors (Lipinski definition) is 5. The quantitative estimate of drug-likeness (QED) is 0.469. The number of aryl methyl sites for hydroxylation is 2. The molecule has 29 heavy (non-hydrogen) atoms. The third-order valence-electron chi connectivity index (χ3n) is 4.51. The molecule has 7 heteroatoms. The first-order chi connectivity index (χ1) is 14.1. The van der Waals surface area contributed by atoms with E-state index >= 15 is 0 Å². The van der Waals surface area contributed by atoms with Gasteiger partial charge in [0.25, 0.3) is 5.91 Å². The lowest BCUT2D eigenvalue weighted by molar-refractivity contribution is 0.102. The molecule has 0 saturated heterocycles. The van der Waals surface area contributed by atoms with E-state index in [2.05, 4.69) is 56.7 Å². The molecule has 6 nitrogen and oxygen atoms in total. The van der Waals surface area contributed by atoms with Crippen molar-refractivity contribution < 1.29 is 4.79 Å². The number of anilines is 1. The molecule has 2 N–H and O–H groups in total. The highest BCUT2D eigenvalue weighted by atomic mass is 32.1. The highest BCUT2D eigenvalue weighted by molar-refractivity contribution is 7.17. The zero-order chi connectivity index (χ0) is 20.2. The molecule has 3 aromatic heterocycles. The van der Waals surface area contributed by atoms with Crippen molar-refractivity contribution in [2.45, 2.75) is 26.7 Å². The van der Waals surface area contributed by atoms with Crippen molar-refractivity contribution in [2.75, 3.05) is 5.32 Å². The molecular weight excluding hydrogens is 382 g/mol. The van der Waals surface area contributed by atoms with Gasteiger partial charge in [-0.1, -0.05) is 43.7 Å². The number of nitrogens with one attached hydrogen (secondary N) is 2. The number of amides is 1. The molecule has 4 aromatic rings. The molecule has 4 rings (SSSR count). The van der Waals surface area contributed by atoms with Crippen LogP contribution in [0.15, 0.2) is 54.7 Å². The van der Waals surface area contributed by atoms with Gasteiger partial charge in [-0.05, 0) is 36.6 Å². The Morgan fingerprint density at radius 1 is 1.17 bits per heavy atom. The van der Waals surface area contributed by atoms with Gasteiger partial charge < -0.3 is 5.32 Å². The van der Waals surface area contributed by atoms with Crippen molar-refractivity contribution in [2.24, 2.45) is 0 Å². The molecule has 0 aliphatic carbocycles. The Hall–Kier alpha value is -3.32. The molecule has 0 aliphatic heterocycles. The van der Waals surface area contributed by atoms with Crippen LogP contribution >= 0.6 is 11.3 Å². The van der Waals surface area contributed by atoms with Crippen LogP contribution in [0.3, 0.4) is 0 Å². The molecule has 0 aliphatic rings. The molecule has 0 saturated carbocycles. The number of carbonyl (C=O) groups is 1. The summed E-state index contributed by atoms with van der Waals surface area (Å²) in [5.41, 5.74) is 4.64. The van der Waals surface area contributed by atoms with Gasteiger partial charge >= 0.3 is 0 Å². The number of benzene rings is 1. The summed E-state index contributed by atoms with van der Waals surface area (Å²) >= 11 is 1.33. The van der Waals surface area contributed by atoms with Crippen LogP contribution in [-0.4, -0.2) is 26.1 Å². The lowest BCUT2D eigenvalue weighted by Crippen LogP contribution is -2.11. The minimum Gasteiger partial charge on any atom is -0.304 e. The minimum atomic E-state index is -0.224. The third-order valence-corrected chi connectivity index (χ3v) is 5.69. The van der Waals surface area contributed by atoms with Crippen LogP contribution in [-0.2, 0) is 6.42 Å². The predicted molar refractivity (Wildman–Crippen MR) is 116 cm³/mol. The zero-order valence-electron chi connectivity index (χ0n) is 16.3. The summed E-state index contributed by atoms with van der Waals surface area (Å²) in [6, 6.07) is 15.8. The summed E-state index contributed by atoms with van der Waals surface area (Å²) in [6.45, 7) is 3.99. The highest BCUT2D eigenvalue weighted by Gasteiger charge is 2.18. The maximum atomic E-state index is 12.7. The third kappa shape index (κ3) is 4.25. The Kier molecular flexibility index (Phi) is 5.48. The second-order valence-electron chi connectivity index (χ2n) is 6.72. The summed E-state index contributed by atoms with van der Waals surface area (Å²) < 4.78 is 0. The smallest absolute Gasteiger partial charge is 0.268 e. The van der Waals surface area contributed by atoms with Gasteiger partial charge in [-0.2, -0.15) is 5.10 Å². The molecule has 0 atom stereocenters. The van der Waals surface area contributed by atoms with E-state index in [1.54, 1.807) is 6.20 Å². The van der Waals surface area contributed by atoms with E-state index in [0.717, 1.165) is 34.8 Å². The van der Waals surface area contributed by atoms with Crippen LogP contribution in [0.1, 0.15) is 34.3 Å². The van der Waals surface area contributed by atoms with Gasteiger partial charge in [-0.3, -0.25) is 14.9 Å². The van der Waals surface area contributed by atoms with Crippen LogP contribution in [0.25, 0.3) is 22.0 Å². The van der Waals surface area contributed by atoms with Crippen LogP contribution in [0.5, 0.6) is 0 Å². The van der Waals surface area contributed by atoms with E-state index in [0.29, 0.717) is 16.4 Å². The van der Waals surface area contributed by atoms with Gasteiger partial charge in [-0.15, -0.1) is 11.3 Å². The van der Waals surface area contributed by atoms with Gasteiger partial charge in [0.15, 0.2) is 5.82 Å². The number of carbonyl (C=O) groups excluding carboxylic acids is 1. The van der Waals surface area contributed by atoms with E-state index in [1.165, 1.54) is 16.9 Å². The van der Waals surface area contributed by atoms with Crippen molar-refractivity contribution in [1.82, 2.24) is 20.2 Å². The standard InChI is InChI=1S/C22H21N5OS/c1-3-6-15-8-10-16(11-9-15)18-13-19(27-26-18)25-21(28)20-14(2)24-22(29-20)17-7-4-5-12-23-17/h4-5,7-13H,3,6H2,1-2H3,(H2,25,26,27,28). The molecule has 1 amide bonds. The molecule has 0 spiro atoms. The topological polar surface area (TPSA) is 83.6 Å². The van der Waals surface area contributed by atoms with Crippen LogP contribution in [0, 0.1) is 6.92 Å². The molecular formula is C22H21N5OS. The van der Waals surface area contributed by atoms with E-state index < -0.39 is 0 Å². The number of rotatable bonds is 6. The summed E-state index contributed by atoms with van der Waals surface area (Å²) in [7, 11) is 0. The molecule has 1 aromatic carbocycles. The predicted octanol–water partition coefficient (Wildman–Crippen LogP) is 5.11. The van der Waals surface area contributed by atoms with Crippen molar-refractivity contribution >= 4 is 23.1 Å². The van der Waals surface area contributed by atoms with Gasteiger partial charge in [0.1, 0.15) is 9.88 Å². The molecule has 3 heterocycles. The Labute approximate surface area is 173 Å². The summed E-state index contributed by atoms with van der Waals surface area (Å²) in [6.07, 6.45) is 3.91. The average molecular weight is 404 g/mol. The Bertz CT molecular complexity index is 1120. The van der Waals surface area contributed by atoms with E-state index in [1.807, 2.05) is 31.2 Å². The fourth-order valence-corrected chi connectivity index (χ4v) is 3.99. The number of nitrogens with zero attached hydrogens (tertiary/aromatic N) is 3. The first kappa shape index (κ1) is 19.0. The lowest BCUT2D eigenvalue weighted by Gasteiger charge is -2.01. The summed E-state index contributed by atoms with van der Waals surface area (Å²) in [5, 5.41) is 10.8. The summed E-state index contributed by atoms with van der Waals surface area (Å²) in [4.78, 5) is 22.1. The van der Waals surface area contributed by atoms with E-state index in [4.69, 9.17) is 0 Å². The van der Waals surface area contributed by atoms with Crippen LogP contribution < -0.4 is 5.32 Å². The normalized spacial score (nSPS) is 10.8. The SMILES string of the molecule is CCCc1ccc(-c2cc(NC(=O)c3sc(-c4ccccn4)nc3C)n[nH]2)cc1. The second kappa shape index (κ2) is 8.36.